The molecule has 7 heteroatoms. The molecular weight excluding hydrogens is 302 g/mol. The van der Waals surface area contributed by atoms with Gasteiger partial charge in [0.2, 0.25) is 0 Å². The molecule has 23 heavy (non-hydrogen) atoms. The highest BCUT2D eigenvalue weighted by Gasteiger charge is 2.25. The minimum Gasteiger partial charge on any atom is -0.433 e. The van der Waals surface area contributed by atoms with E-state index in [4.69, 9.17) is 6.42 Å². The lowest BCUT2D eigenvalue weighted by molar-refractivity contribution is -0.0495. The van der Waals surface area contributed by atoms with E-state index in [2.05, 4.69) is 26.3 Å². The minimum atomic E-state index is -2.83. The van der Waals surface area contributed by atoms with Gasteiger partial charge in [0, 0.05) is 26.2 Å². The van der Waals surface area contributed by atoms with Crippen molar-refractivity contribution in [1.82, 2.24) is 10.6 Å². The fraction of sp³-hybridized carbons (Fsp3) is 0.438. The number of para-hydroxylation sites is 2. The SMILES string of the molecule is C#CCNC(=NC)NC1CCN(c2ccccc2OC(F)F)C1. The second-order valence-electron chi connectivity index (χ2n) is 5.05. The molecular formula is C16H20F2N4O. The number of nitrogens with one attached hydrogen (secondary N) is 2. The van der Waals surface area contributed by atoms with Crippen molar-refractivity contribution >= 4 is 11.6 Å². The van der Waals surface area contributed by atoms with Gasteiger partial charge < -0.3 is 20.3 Å². The molecule has 1 atom stereocenters. The van der Waals surface area contributed by atoms with E-state index in [0.29, 0.717) is 24.7 Å². The van der Waals surface area contributed by atoms with Crippen LogP contribution in [0.2, 0.25) is 0 Å². The third-order valence-corrected chi connectivity index (χ3v) is 3.53. The van der Waals surface area contributed by atoms with Gasteiger partial charge in [0.25, 0.3) is 0 Å². The maximum Gasteiger partial charge on any atom is 0.387 e. The summed E-state index contributed by atoms with van der Waals surface area (Å²) in [6, 6.07) is 6.97. The molecule has 0 saturated carbocycles. The van der Waals surface area contributed by atoms with Gasteiger partial charge in [-0.05, 0) is 18.6 Å². The van der Waals surface area contributed by atoms with Crippen molar-refractivity contribution in [2.75, 3.05) is 31.6 Å². The molecule has 1 unspecified atom stereocenters. The highest BCUT2D eigenvalue weighted by Crippen LogP contribution is 2.31. The first kappa shape index (κ1) is 16.9. The summed E-state index contributed by atoms with van der Waals surface area (Å²) in [7, 11) is 1.67. The van der Waals surface area contributed by atoms with Gasteiger partial charge in [0.1, 0.15) is 5.75 Å². The van der Waals surface area contributed by atoms with Gasteiger partial charge in [-0.15, -0.1) is 6.42 Å². The Hall–Kier alpha value is -2.49. The summed E-state index contributed by atoms with van der Waals surface area (Å²) >= 11 is 0. The van der Waals surface area contributed by atoms with Crippen molar-refractivity contribution in [2.45, 2.75) is 19.1 Å². The van der Waals surface area contributed by atoms with Crippen molar-refractivity contribution < 1.29 is 13.5 Å². The third kappa shape index (κ3) is 4.74. The zero-order valence-corrected chi connectivity index (χ0v) is 12.9. The Balaban J connectivity index is 1.99. The van der Waals surface area contributed by atoms with Gasteiger partial charge in [-0.3, -0.25) is 4.99 Å². The number of guanidine groups is 1. The summed E-state index contributed by atoms with van der Waals surface area (Å²) in [5, 5.41) is 6.27. The minimum absolute atomic E-state index is 0.151. The fourth-order valence-electron chi connectivity index (χ4n) is 2.53. The molecule has 0 aromatic heterocycles. The van der Waals surface area contributed by atoms with Crippen LogP contribution in [-0.4, -0.2) is 45.3 Å². The summed E-state index contributed by atoms with van der Waals surface area (Å²) in [5.41, 5.74) is 0.670. The maximum absolute atomic E-state index is 12.5. The van der Waals surface area contributed by atoms with E-state index in [-0.39, 0.29) is 11.8 Å². The van der Waals surface area contributed by atoms with Crippen LogP contribution in [0.3, 0.4) is 0 Å². The second-order valence-corrected chi connectivity index (χ2v) is 5.05. The zero-order chi connectivity index (χ0) is 16.7. The number of anilines is 1. The molecule has 2 rings (SSSR count). The number of alkyl halides is 2. The normalized spacial score (nSPS) is 18.0. The molecule has 0 radical (unpaired) electrons. The van der Waals surface area contributed by atoms with E-state index in [9.17, 15) is 8.78 Å². The van der Waals surface area contributed by atoms with Crippen LogP contribution in [0.25, 0.3) is 0 Å². The van der Waals surface area contributed by atoms with E-state index in [1.165, 1.54) is 0 Å². The Labute approximate surface area is 134 Å². The number of ether oxygens (including phenoxy) is 1. The number of hydrogen-bond donors (Lipinski definition) is 2. The maximum atomic E-state index is 12.5. The number of halogens is 2. The van der Waals surface area contributed by atoms with Crippen LogP contribution < -0.4 is 20.3 Å². The van der Waals surface area contributed by atoms with Gasteiger partial charge in [-0.2, -0.15) is 8.78 Å². The topological polar surface area (TPSA) is 48.9 Å². The van der Waals surface area contributed by atoms with Gasteiger partial charge in [-0.1, -0.05) is 18.1 Å². The average molecular weight is 322 g/mol. The van der Waals surface area contributed by atoms with E-state index in [1.54, 1.807) is 25.2 Å². The molecule has 1 heterocycles. The quantitative estimate of drug-likeness (QED) is 0.492. The molecule has 5 nitrogen and oxygen atoms in total. The molecule has 0 spiro atoms. The number of hydrogen-bond acceptors (Lipinski definition) is 3. The lowest BCUT2D eigenvalue weighted by Crippen LogP contribution is -2.44. The molecule has 0 bridgehead atoms. The van der Waals surface area contributed by atoms with Gasteiger partial charge in [-0.25, -0.2) is 0 Å². The van der Waals surface area contributed by atoms with Crippen LogP contribution in [0.1, 0.15) is 6.42 Å². The van der Waals surface area contributed by atoms with E-state index < -0.39 is 6.61 Å². The van der Waals surface area contributed by atoms with Crippen LogP contribution in [-0.2, 0) is 0 Å². The average Bonchev–Trinajstić information content (AvgIpc) is 2.99. The summed E-state index contributed by atoms with van der Waals surface area (Å²) in [5.74, 6) is 3.31. The van der Waals surface area contributed by atoms with Crippen LogP contribution in [0, 0.1) is 12.3 Å². The predicted octanol–water partition coefficient (Wildman–Crippen LogP) is 1.66. The molecule has 1 aromatic rings. The van der Waals surface area contributed by atoms with Crippen molar-refractivity contribution in [3.63, 3.8) is 0 Å². The smallest absolute Gasteiger partial charge is 0.387 e. The Kier molecular flexibility index (Phi) is 6.03. The summed E-state index contributed by atoms with van der Waals surface area (Å²) in [6.07, 6.45) is 6.08. The van der Waals surface area contributed by atoms with E-state index >= 15 is 0 Å². The molecule has 2 N–H and O–H groups in total. The largest absolute Gasteiger partial charge is 0.433 e. The molecule has 0 aliphatic carbocycles. The predicted molar refractivity (Wildman–Crippen MR) is 87.0 cm³/mol. The molecule has 1 aliphatic heterocycles. The molecule has 1 aliphatic rings. The Morgan fingerprint density at radius 3 is 3.00 bits per heavy atom. The van der Waals surface area contributed by atoms with Crippen molar-refractivity contribution in [2.24, 2.45) is 4.99 Å². The fourth-order valence-corrected chi connectivity index (χ4v) is 2.53. The summed E-state index contributed by atoms with van der Waals surface area (Å²) in [4.78, 5) is 6.12. The Morgan fingerprint density at radius 1 is 1.52 bits per heavy atom. The first-order valence-corrected chi connectivity index (χ1v) is 7.33. The summed E-state index contributed by atoms with van der Waals surface area (Å²) < 4.78 is 29.6. The number of nitrogens with zero attached hydrogens (tertiary/aromatic N) is 2. The van der Waals surface area contributed by atoms with Gasteiger partial charge in [0.15, 0.2) is 5.96 Å². The van der Waals surface area contributed by atoms with Gasteiger partial charge in [0.05, 0.1) is 12.2 Å². The Morgan fingerprint density at radius 2 is 2.30 bits per heavy atom. The zero-order valence-electron chi connectivity index (χ0n) is 12.9. The number of rotatable bonds is 5. The Bertz CT molecular complexity index is 586. The highest BCUT2D eigenvalue weighted by molar-refractivity contribution is 5.80. The van der Waals surface area contributed by atoms with Crippen LogP contribution in [0.4, 0.5) is 14.5 Å². The second kappa shape index (κ2) is 8.22. The molecule has 124 valence electrons. The van der Waals surface area contributed by atoms with Crippen molar-refractivity contribution in [3.8, 4) is 18.1 Å². The van der Waals surface area contributed by atoms with Crippen LogP contribution in [0.5, 0.6) is 5.75 Å². The van der Waals surface area contributed by atoms with Crippen LogP contribution >= 0.6 is 0 Å². The molecule has 1 aromatic carbocycles. The monoisotopic (exact) mass is 322 g/mol. The van der Waals surface area contributed by atoms with Crippen molar-refractivity contribution in [3.05, 3.63) is 24.3 Å². The van der Waals surface area contributed by atoms with E-state index in [1.807, 2.05) is 11.0 Å². The molecule has 1 fully saturated rings. The van der Waals surface area contributed by atoms with Crippen molar-refractivity contribution in [1.29, 1.82) is 0 Å². The first-order chi connectivity index (χ1) is 11.1. The number of benzene rings is 1. The number of aliphatic imine (C=N–C) groups is 1. The lowest BCUT2D eigenvalue weighted by atomic mass is 10.2. The summed E-state index contributed by atoms with van der Waals surface area (Å²) in [6.45, 7) is -1.03. The highest BCUT2D eigenvalue weighted by atomic mass is 19.3. The van der Waals surface area contributed by atoms with Crippen LogP contribution in [0.15, 0.2) is 29.3 Å². The standard InChI is InChI=1S/C16H20F2N4O/c1-3-9-20-16(19-2)21-12-8-10-22(11-12)13-6-4-5-7-14(13)23-15(17)18/h1,4-7,12,15H,8-11H2,2H3,(H2,19,20,21). The first-order valence-electron chi connectivity index (χ1n) is 7.33. The lowest BCUT2D eigenvalue weighted by Gasteiger charge is -2.22. The molecule has 0 amide bonds. The van der Waals surface area contributed by atoms with Gasteiger partial charge >= 0.3 is 6.61 Å². The third-order valence-electron chi connectivity index (χ3n) is 3.53. The molecule has 1 saturated heterocycles. The van der Waals surface area contributed by atoms with E-state index in [0.717, 1.165) is 13.0 Å². The number of terminal acetylenes is 1.